The van der Waals surface area contributed by atoms with Gasteiger partial charge in [-0.25, -0.2) is 0 Å². The Hall–Kier alpha value is -0.181. The Morgan fingerprint density at radius 2 is 0.902 bits per heavy atom. The Morgan fingerprint density at radius 3 is 1.28 bits per heavy atom. The molecule has 0 aromatic heterocycles. The zero-order chi connectivity index (χ0) is 41.0. The first-order chi connectivity index (χ1) is 29.0. The van der Waals surface area contributed by atoms with E-state index < -0.39 is 6.51 Å². The van der Waals surface area contributed by atoms with Gasteiger partial charge in [0.2, 0.25) is 0 Å². The third-order valence-corrected chi connectivity index (χ3v) is 86.6. The van der Waals surface area contributed by atoms with Crippen molar-refractivity contribution in [2.75, 3.05) is 12.3 Å². The van der Waals surface area contributed by atoms with Crippen LogP contribution in [0.25, 0.3) is 0 Å². The maximum atomic E-state index is 2.78. The molecule has 0 N–H and O–H groups in total. The van der Waals surface area contributed by atoms with Gasteiger partial charge in [0.15, 0.2) is 0 Å². The first-order valence-corrected chi connectivity index (χ1v) is 36.0. The molecule has 0 nitrogen and oxygen atoms in total. The van der Waals surface area contributed by atoms with E-state index in [0.29, 0.717) is 10.3 Å². The second-order valence-electron chi connectivity index (χ2n) is 31.0. The van der Waals surface area contributed by atoms with E-state index in [1.165, 1.54) is 40.2 Å². The van der Waals surface area contributed by atoms with Crippen LogP contribution >= 0.6 is 15.8 Å². The Labute approximate surface area is 363 Å². The molecule has 3 heteroatoms. The van der Waals surface area contributed by atoms with E-state index in [1.54, 1.807) is 94.3 Å². The van der Waals surface area contributed by atoms with Crippen molar-refractivity contribution >= 4 is 15.8 Å². The van der Waals surface area contributed by atoms with Gasteiger partial charge in [0.05, 0.1) is 0 Å². The molecule has 7 unspecified atom stereocenters. The SMILES string of the molecule is CC(C[C]12[CH]3[C]4(CP(C5C6CC7CC(C6)CC5C7)C5C6CC7CC(C6)CC5C7)[C]5(CP(C(C)(C)C)C(C)(C)C)[C]1(CC(C)c1ccccc1)[Fe]32451678[CH]2[CH]1[CH]6[CH]7[CH]28)c1ccccc1. The Bertz CT molecular complexity index is 2610. The predicted octanol–water partition coefficient (Wildman–Crippen LogP) is 17.5. The summed E-state index contributed by atoms with van der Waals surface area (Å²) in [6, 6.07) is 24.5. The average molecular weight is 895 g/mol. The molecule has 20 rings (SSSR count). The summed E-state index contributed by atoms with van der Waals surface area (Å²) in [6.45, 7) is 17.6. The fourth-order valence-electron chi connectivity index (χ4n) is 35.2. The minimum absolute atomic E-state index is 0.0895. The Morgan fingerprint density at radius 1 is 0.508 bits per heavy atom. The number of fused-ring (bicyclic) bond motifs is 10. The molecule has 7 atom stereocenters. The van der Waals surface area contributed by atoms with Crippen molar-refractivity contribution in [2.24, 2.45) is 47.3 Å². The Kier molecular flexibility index (Phi) is 4.18. The molecular weight excluding hydrogens is 814 g/mol. The molecule has 2 aromatic rings. The summed E-state index contributed by atoms with van der Waals surface area (Å²) in [5.74, 6) is 10.5. The van der Waals surface area contributed by atoms with Gasteiger partial charge >= 0.3 is 366 Å². The molecule has 10 aliphatic heterocycles. The molecule has 10 heterocycles. The standard InChI is InChI=1S/C53H75P2.C5H5.Fe/c1-34(40-15-11-9-12-16-40)19-42-31-47(49(33-55(52(3,4)5)53(6,7)8)48(42)20-35(2)41-17-13-10-14-18-41)32-54(50-43-23-36-21-37(25-43)26-44(50)24-36)51-45-27-38-22-39(29-45)30-46(51)28-38;1-2-4-5-3-1;/h9-18,31,34-39,43-46,50-51H,19-30,32-33H2,1-8H3;1-5H;. The molecule has 8 aliphatic carbocycles. The van der Waals surface area contributed by atoms with E-state index >= 15 is 0 Å². The molecule has 8 saturated carbocycles. The summed E-state index contributed by atoms with van der Waals surface area (Å²) < 4.78 is 3.40. The second-order valence-corrected chi connectivity index (χ2v) is 60.3. The molecule has 18 aliphatic rings. The van der Waals surface area contributed by atoms with Crippen molar-refractivity contribution < 1.29 is 6.51 Å². The maximum absolute atomic E-state index is 4.43. The monoisotopic (exact) mass is 895 g/mol. The van der Waals surface area contributed by atoms with Crippen LogP contribution in [0.5, 0.6) is 0 Å². The number of hydrogen-bond acceptors (Lipinski definition) is 0. The molecule has 330 valence electrons. The molecule has 0 radical (unpaired) electrons. The van der Waals surface area contributed by atoms with Gasteiger partial charge in [-0.1, -0.05) is 0 Å². The van der Waals surface area contributed by atoms with Crippen LogP contribution in [0.1, 0.15) is 155 Å². The predicted molar refractivity (Wildman–Crippen MR) is 257 cm³/mol. The first kappa shape index (κ1) is 35.9. The van der Waals surface area contributed by atoms with Crippen molar-refractivity contribution in [1.29, 1.82) is 0 Å². The molecule has 8 bridgehead atoms. The van der Waals surface area contributed by atoms with Gasteiger partial charge in [0.1, 0.15) is 0 Å². The van der Waals surface area contributed by atoms with E-state index in [-0.39, 0.29) is 15.8 Å². The molecule has 10 saturated heterocycles. The van der Waals surface area contributed by atoms with Crippen molar-refractivity contribution in [1.82, 2.24) is 0 Å². The summed E-state index contributed by atoms with van der Waals surface area (Å²) in [5.41, 5.74) is 5.77. The van der Waals surface area contributed by atoms with Gasteiger partial charge < -0.3 is 0 Å². The van der Waals surface area contributed by atoms with Crippen LogP contribution in [-0.4, -0.2) is 34.0 Å². The summed E-state index contributed by atoms with van der Waals surface area (Å²) in [5, 5.41) is 0.862. The van der Waals surface area contributed by atoms with Crippen LogP contribution in [-0.2, 0) is 6.51 Å². The van der Waals surface area contributed by atoms with Crippen LogP contribution in [0.2, 0.25) is 46.2 Å². The van der Waals surface area contributed by atoms with E-state index in [2.05, 4.69) is 116 Å². The molecule has 2 aromatic carbocycles. The molecule has 0 amide bonds. The fourth-order valence-corrected chi connectivity index (χ4v) is 133. The molecule has 61 heavy (non-hydrogen) atoms. The third-order valence-electron chi connectivity index (χ3n) is 31.9. The summed E-state index contributed by atoms with van der Waals surface area (Å²) in [7, 11) is -0.0200. The molecule has 18 fully saturated rings. The van der Waals surface area contributed by atoms with Crippen LogP contribution in [0, 0.1) is 47.3 Å². The Balaban J connectivity index is 0.880. The van der Waals surface area contributed by atoms with Gasteiger partial charge in [-0.3, -0.25) is 0 Å². The molecule has 1 spiro atoms. The van der Waals surface area contributed by atoms with Gasteiger partial charge in [0, 0.05) is 0 Å². The number of rotatable bonds is 12. The first-order valence-electron chi connectivity index (χ1n) is 26.8. The normalized spacial score (nSPS) is 65.7. The zero-order valence-corrected chi connectivity index (χ0v) is 42.2. The van der Waals surface area contributed by atoms with Crippen molar-refractivity contribution in [3.63, 3.8) is 0 Å². The van der Waals surface area contributed by atoms with Crippen molar-refractivity contribution in [3.8, 4) is 0 Å². The van der Waals surface area contributed by atoms with Gasteiger partial charge in [0.25, 0.3) is 0 Å². The summed E-state index contributed by atoms with van der Waals surface area (Å²) in [6.07, 6.45) is 23.6. The number of benzene rings is 2. The summed E-state index contributed by atoms with van der Waals surface area (Å²) >= 11 is 0. The van der Waals surface area contributed by atoms with E-state index in [4.69, 9.17) is 0 Å². The van der Waals surface area contributed by atoms with Gasteiger partial charge in [-0.05, 0) is 0 Å². The van der Waals surface area contributed by atoms with E-state index in [0.717, 1.165) is 76.4 Å². The van der Waals surface area contributed by atoms with Crippen LogP contribution in [0.15, 0.2) is 60.7 Å². The van der Waals surface area contributed by atoms with Crippen molar-refractivity contribution in [2.45, 2.75) is 212 Å². The zero-order valence-electron chi connectivity index (χ0n) is 39.3. The van der Waals surface area contributed by atoms with Gasteiger partial charge in [-0.15, -0.1) is 0 Å². The van der Waals surface area contributed by atoms with Crippen molar-refractivity contribution in [3.05, 3.63) is 71.8 Å². The molecular formula is C58H80FeP2. The van der Waals surface area contributed by atoms with E-state index in [9.17, 15) is 0 Å². The fraction of sp³-hybridized carbons (Fsp3) is 0.793. The summed E-state index contributed by atoms with van der Waals surface area (Å²) in [4.78, 5) is 8.01. The minimum atomic E-state index is -4.43. The third kappa shape index (κ3) is 1.42. The van der Waals surface area contributed by atoms with E-state index in [1.807, 2.05) is 6.16 Å². The van der Waals surface area contributed by atoms with Crippen LogP contribution in [0.4, 0.5) is 0 Å². The van der Waals surface area contributed by atoms with Crippen LogP contribution in [0.3, 0.4) is 0 Å². The topological polar surface area (TPSA) is 0 Å². The van der Waals surface area contributed by atoms with Gasteiger partial charge in [-0.2, -0.15) is 0 Å². The average Bonchev–Trinajstić information content (AvgIpc) is 4.16. The number of hydrogen-bond donors (Lipinski definition) is 0. The quantitative estimate of drug-likeness (QED) is 0.147. The van der Waals surface area contributed by atoms with Crippen LogP contribution < -0.4 is 0 Å². The second kappa shape index (κ2) is 7.09.